The number of nitrogens with zero attached hydrogens (tertiary/aromatic N) is 3. The summed E-state index contributed by atoms with van der Waals surface area (Å²) in [5, 5.41) is 6.73. The highest BCUT2D eigenvalue weighted by Crippen LogP contribution is 2.46. The molecule has 4 amide bonds. The molecule has 11 nitrogen and oxygen atoms in total. The largest absolute Gasteiger partial charge is 0.457 e. The van der Waals surface area contributed by atoms with Crippen LogP contribution in [-0.4, -0.2) is 59.6 Å². The minimum atomic E-state index is -0.683. The molecular weight excluding hydrogens is 604 g/mol. The Morgan fingerprint density at radius 1 is 1.13 bits per heavy atom. The van der Waals surface area contributed by atoms with Gasteiger partial charge in [0.2, 0.25) is 0 Å². The molecule has 4 aromatic rings. The number of carbonyl (C=O) groups is 3. The number of hydrogen-bond acceptors (Lipinski definition) is 8. The normalized spacial score (nSPS) is 16.7. The molecule has 0 saturated carbocycles. The van der Waals surface area contributed by atoms with Gasteiger partial charge < -0.3 is 30.7 Å². The van der Waals surface area contributed by atoms with Gasteiger partial charge in [-0.2, -0.15) is 0 Å². The Morgan fingerprint density at radius 3 is 2.65 bits per heavy atom. The number of methoxy groups -OCH3 is 1. The van der Waals surface area contributed by atoms with Crippen molar-refractivity contribution < 1.29 is 23.9 Å². The van der Waals surface area contributed by atoms with Gasteiger partial charge in [0.05, 0.1) is 33.7 Å². The molecule has 238 valence electrons. The van der Waals surface area contributed by atoms with Gasteiger partial charge in [-0.3, -0.25) is 14.5 Å². The summed E-state index contributed by atoms with van der Waals surface area (Å²) < 4.78 is 11.4. The number of nitrogens with one attached hydrogen (secondary N) is 2. The molecule has 2 aliphatic rings. The Kier molecular flexibility index (Phi) is 8.41. The summed E-state index contributed by atoms with van der Waals surface area (Å²) in [6, 6.07) is 16.1. The summed E-state index contributed by atoms with van der Waals surface area (Å²) in [5.74, 6) is 0.742. The fourth-order valence-corrected chi connectivity index (χ4v) is 6.78. The number of likely N-dealkylation sites (tertiary alicyclic amines) is 1. The Labute approximate surface area is 271 Å². The van der Waals surface area contributed by atoms with Crippen molar-refractivity contribution in [2.24, 2.45) is 5.73 Å². The third kappa shape index (κ3) is 6.13. The summed E-state index contributed by atoms with van der Waals surface area (Å²) >= 11 is 1.22. The number of nitrogens with two attached hydrogens (primary N) is 1. The first kappa shape index (κ1) is 31.1. The van der Waals surface area contributed by atoms with Crippen molar-refractivity contribution >= 4 is 56.5 Å². The quantitative estimate of drug-likeness (QED) is 0.199. The van der Waals surface area contributed by atoms with Crippen LogP contribution in [-0.2, 0) is 9.53 Å². The number of rotatable bonds is 8. The van der Waals surface area contributed by atoms with Crippen molar-refractivity contribution in [3.05, 3.63) is 83.0 Å². The maximum absolute atomic E-state index is 13.7. The molecule has 1 saturated heterocycles. The first-order valence-corrected chi connectivity index (χ1v) is 15.9. The molecule has 0 aliphatic carbocycles. The molecule has 46 heavy (non-hydrogen) atoms. The van der Waals surface area contributed by atoms with Crippen molar-refractivity contribution in [3.8, 4) is 11.5 Å². The molecule has 0 radical (unpaired) electrons. The number of para-hydroxylation sites is 1. The maximum atomic E-state index is 13.7. The highest BCUT2D eigenvalue weighted by molar-refractivity contribution is 7.21. The molecule has 4 N–H and O–H groups in total. The molecule has 2 aromatic carbocycles. The smallest absolute Gasteiger partial charge is 0.331 e. The van der Waals surface area contributed by atoms with Crippen LogP contribution >= 0.6 is 11.3 Å². The third-order valence-corrected chi connectivity index (χ3v) is 9.26. The van der Waals surface area contributed by atoms with Crippen molar-refractivity contribution in [1.29, 1.82) is 0 Å². The van der Waals surface area contributed by atoms with E-state index in [2.05, 4.69) is 15.6 Å². The van der Waals surface area contributed by atoms with Crippen molar-refractivity contribution in [2.75, 3.05) is 30.4 Å². The zero-order valence-corrected chi connectivity index (χ0v) is 26.9. The highest BCUT2D eigenvalue weighted by Gasteiger charge is 2.34. The second-order valence-electron chi connectivity index (χ2n) is 11.9. The number of aryl methyl sites for hydroxylation is 1. The Hall–Kier alpha value is -4.94. The van der Waals surface area contributed by atoms with Crippen LogP contribution in [0.2, 0.25) is 0 Å². The second-order valence-corrected chi connectivity index (χ2v) is 12.9. The highest BCUT2D eigenvalue weighted by atomic mass is 32.1. The van der Waals surface area contributed by atoms with Crippen LogP contribution in [0.25, 0.3) is 10.2 Å². The standard InChI is InChI=1S/C34H36N6O5S/c1-20-17-23(45-22-10-6-5-7-11-22)12-13-25(20)40-26-14-15-36-31-27(26)28(38-33(40)43)29(46-31)30(41)37-21-9-8-16-39(19-21)32(42)24(35)18-34(2,3)44-4/h5-7,10-15,17-18,21H,8-9,16,19,35H2,1-4H3,(H,37,41)(H,38,43)/b24-18-/t21-/m1/s1. The summed E-state index contributed by atoms with van der Waals surface area (Å²) in [7, 11) is 1.56. The predicted octanol–water partition coefficient (Wildman–Crippen LogP) is 6.07. The average molecular weight is 641 g/mol. The molecular formula is C34H36N6O5S. The van der Waals surface area contributed by atoms with E-state index in [4.69, 9.17) is 15.2 Å². The summed E-state index contributed by atoms with van der Waals surface area (Å²) in [4.78, 5) is 49.1. The van der Waals surface area contributed by atoms with E-state index in [0.29, 0.717) is 63.8 Å². The van der Waals surface area contributed by atoms with E-state index >= 15 is 0 Å². The van der Waals surface area contributed by atoms with E-state index in [1.807, 2.05) is 69.3 Å². The van der Waals surface area contributed by atoms with E-state index in [9.17, 15) is 14.4 Å². The minimum Gasteiger partial charge on any atom is -0.457 e. The molecule has 2 aromatic heterocycles. The number of thiophene rings is 1. The van der Waals surface area contributed by atoms with Gasteiger partial charge in [0.1, 0.15) is 21.2 Å². The van der Waals surface area contributed by atoms with Crippen LogP contribution in [0.5, 0.6) is 11.5 Å². The lowest BCUT2D eigenvalue weighted by Crippen LogP contribution is -2.50. The van der Waals surface area contributed by atoms with Crippen LogP contribution in [0.3, 0.4) is 0 Å². The molecule has 1 atom stereocenters. The maximum Gasteiger partial charge on any atom is 0.331 e. The second kappa shape index (κ2) is 12.5. The fourth-order valence-electron chi connectivity index (χ4n) is 5.76. The van der Waals surface area contributed by atoms with E-state index in [1.165, 1.54) is 11.3 Å². The van der Waals surface area contributed by atoms with Gasteiger partial charge >= 0.3 is 6.03 Å². The number of pyridine rings is 1. The van der Waals surface area contributed by atoms with Crippen molar-refractivity contribution in [2.45, 2.75) is 45.3 Å². The van der Waals surface area contributed by atoms with Gasteiger partial charge in [0.25, 0.3) is 11.8 Å². The topological polar surface area (TPSA) is 139 Å². The zero-order valence-electron chi connectivity index (χ0n) is 26.1. The molecule has 0 bridgehead atoms. The Morgan fingerprint density at radius 2 is 1.91 bits per heavy atom. The molecule has 6 rings (SSSR count). The number of urea groups is 1. The SMILES string of the molecule is COC(C)(C)/C=C(\N)C(=O)N1CCC[C@@H](NC(=O)c2sc3nccc4c3c2NC(=O)N4c2ccc(Oc3ccccc3)cc2C)C1. The van der Waals surface area contributed by atoms with E-state index in [0.717, 1.165) is 11.3 Å². The summed E-state index contributed by atoms with van der Waals surface area (Å²) in [6.45, 7) is 6.42. The number of piperidine rings is 1. The zero-order chi connectivity index (χ0) is 32.6. The molecule has 12 heteroatoms. The van der Waals surface area contributed by atoms with Gasteiger partial charge in [-0.05, 0) is 81.7 Å². The summed E-state index contributed by atoms with van der Waals surface area (Å²) in [6.07, 6.45) is 4.66. The van der Waals surface area contributed by atoms with Crippen LogP contribution in [0.1, 0.15) is 41.9 Å². The van der Waals surface area contributed by atoms with Gasteiger partial charge in [-0.15, -0.1) is 11.3 Å². The number of aromatic nitrogens is 1. The first-order chi connectivity index (χ1) is 22.0. The fraction of sp³-hybridized carbons (Fsp3) is 0.294. The number of amides is 4. The monoisotopic (exact) mass is 640 g/mol. The molecule has 4 heterocycles. The molecule has 0 unspecified atom stereocenters. The minimum absolute atomic E-state index is 0.104. The van der Waals surface area contributed by atoms with Gasteiger partial charge in [0.15, 0.2) is 0 Å². The third-order valence-electron chi connectivity index (χ3n) is 8.16. The lowest BCUT2D eigenvalue weighted by molar-refractivity contribution is -0.128. The van der Waals surface area contributed by atoms with Gasteiger partial charge in [-0.1, -0.05) is 18.2 Å². The number of hydrogen-bond donors (Lipinski definition) is 3. The average Bonchev–Trinajstić information content (AvgIpc) is 3.41. The van der Waals surface area contributed by atoms with Crippen molar-refractivity contribution in [1.82, 2.24) is 15.2 Å². The van der Waals surface area contributed by atoms with Crippen LogP contribution in [0.15, 0.2) is 72.6 Å². The molecule has 0 spiro atoms. The Balaban J connectivity index is 1.23. The summed E-state index contributed by atoms with van der Waals surface area (Å²) in [5.41, 5.74) is 8.12. The molecule has 2 aliphatic heterocycles. The van der Waals surface area contributed by atoms with Crippen LogP contribution in [0.4, 0.5) is 21.9 Å². The number of ether oxygens (including phenoxy) is 2. The molecule has 1 fully saturated rings. The van der Waals surface area contributed by atoms with Crippen molar-refractivity contribution in [3.63, 3.8) is 0 Å². The van der Waals surface area contributed by atoms with Crippen LogP contribution in [0, 0.1) is 6.92 Å². The number of anilines is 3. The van der Waals surface area contributed by atoms with E-state index in [-0.39, 0.29) is 29.6 Å². The van der Waals surface area contributed by atoms with Crippen LogP contribution < -0.4 is 26.0 Å². The number of carbonyl (C=O) groups excluding carboxylic acids is 3. The van der Waals surface area contributed by atoms with E-state index < -0.39 is 5.60 Å². The first-order valence-electron chi connectivity index (χ1n) is 15.0. The Bertz CT molecular complexity index is 1850. The predicted molar refractivity (Wildman–Crippen MR) is 179 cm³/mol. The lowest BCUT2D eigenvalue weighted by atomic mass is 10.0. The van der Waals surface area contributed by atoms with Gasteiger partial charge in [-0.25, -0.2) is 9.78 Å². The number of benzene rings is 2. The lowest BCUT2D eigenvalue weighted by Gasteiger charge is -2.33. The van der Waals surface area contributed by atoms with E-state index in [1.54, 1.807) is 35.2 Å². The van der Waals surface area contributed by atoms with Gasteiger partial charge in [0, 0.05) is 32.4 Å².